The zero-order chi connectivity index (χ0) is 14.4. The normalized spacial score (nSPS) is 19.6. The van der Waals surface area contributed by atoms with Crippen LogP contribution in [-0.4, -0.2) is 18.2 Å². The third-order valence-corrected chi connectivity index (χ3v) is 5.09. The van der Waals surface area contributed by atoms with E-state index in [9.17, 15) is 4.79 Å². The molecule has 0 aliphatic carbocycles. The Kier molecular flexibility index (Phi) is 3.15. The Morgan fingerprint density at radius 3 is 2.76 bits per heavy atom. The van der Waals surface area contributed by atoms with E-state index >= 15 is 0 Å². The fourth-order valence-electron chi connectivity index (χ4n) is 3.15. The van der Waals surface area contributed by atoms with E-state index in [1.165, 1.54) is 3.27 Å². The van der Waals surface area contributed by atoms with E-state index in [2.05, 4.69) is 29.6 Å². The summed E-state index contributed by atoms with van der Waals surface area (Å²) in [7, 11) is 0. The Hall–Kier alpha value is -1.54. The van der Waals surface area contributed by atoms with Crippen LogP contribution in [0, 0.1) is 24.7 Å². The summed E-state index contributed by atoms with van der Waals surface area (Å²) in [4.78, 5) is 17.0. The molecule has 1 N–H and O–H groups in total. The number of nitrogens with zero attached hydrogens (tertiary/aromatic N) is 1. The van der Waals surface area contributed by atoms with Gasteiger partial charge in [-0.3, -0.25) is 0 Å². The van der Waals surface area contributed by atoms with Crippen LogP contribution < -0.4 is 8.59 Å². The molecule has 4 rings (SSSR count). The molecule has 0 saturated carbocycles. The molecule has 2 heterocycles. The predicted octanol–water partition coefficient (Wildman–Crippen LogP) is 2.21. The Bertz CT molecular complexity index is 765. The Morgan fingerprint density at radius 2 is 1.95 bits per heavy atom. The molecular formula is C17H13AtN2O. The molecule has 2 aliphatic heterocycles. The van der Waals surface area contributed by atoms with Crippen molar-refractivity contribution in [1.82, 2.24) is 5.32 Å². The monoisotopic (exact) mass is 471 g/mol. The van der Waals surface area contributed by atoms with Crippen molar-refractivity contribution in [3.8, 4) is 0 Å². The molecule has 0 aromatic heterocycles. The summed E-state index contributed by atoms with van der Waals surface area (Å²) in [5.74, 6) is 0.250. The van der Waals surface area contributed by atoms with Gasteiger partial charge in [0.2, 0.25) is 0 Å². The van der Waals surface area contributed by atoms with Gasteiger partial charge in [0.15, 0.2) is 0 Å². The predicted molar refractivity (Wildman–Crippen MR) is 78.4 cm³/mol. The number of hydrogen-bond donors (Lipinski definition) is 1. The summed E-state index contributed by atoms with van der Waals surface area (Å²) in [5, 5.41) is 2.98. The number of carbonyl (C=O) groups is 1. The third-order valence-electron chi connectivity index (χ3n) is 4.11. The zero-order valence-electron chi connectivity index (χ0n) is 11.3. The van der Waals surface area contributed by atoms with Gasteiger partial charge in [-0.2, -0.15) is 0 Å². The van der Waals surface area contributed by atoms with Crippen molar-refractivity contribution in [3.63, 3.8) is 0 Å². The van der Waals surface area contributed by atoms with Crippen LogP contribution in [0.1, 0.15) is 33.8 Å². The first-order valence-electron chi connectivity index (χ1n) is 6.99. The molecule has 2 aliphatic rings. The molecule has 1 unspecified atom stereocenters. The molecule has 21 heavy (non-hydrogen) atoms. The summed E-state index contributed by atoms with van der Waals surface area (Å²) < 4.78 is 1.30. The fourth-order valence-corrected chi connectivity index (χ4v) is 3.64. The quantitative estimate of drug-likeness (QED) is 0.681. The van der Waals surface area contributed by atoms with E-state index in [4.69, 9.17) is 4.99 Å². The van der Waals surface area contributed by atoms with Crippen LogP contribution in [0.2, 0.25) is 0 Å². The summed E-state index contributed by atoms with van der Waals surface area (Å²) >= 11 is 1.68. The van der Waals surface area contributed by atoms with E-state index < -0.39 is 0 Å². The standard InChI is InChI=1S/C17H13AtN2O/c18-11-6-4-10(5-7-11)16-12-8-9-19-17(21)13-2-1-3-14(20-16)15(12)13/h1-7,12H,8-9H2,(H,19,21). The van der Waals surface area contributed by atoms with Crippen LogP contribution in [0.15, 0.2) is 47.5 Å². The SMILES string of the molecule is O=C1NCCC2C(c3ccc([At])cc3)=Nc3cccc1c32. The van der Waals surface area contributed by atoms with Gasteiger partial charge in [-0.1, -0.05) is 0 Å². The minimum atomic E-state index is 0.0251. The van der Waals surface area contributed by atoms with Gasteiger partial charge in [0.05, 0.1) is 0 Å². The van der Waals surface area contributed by atoms with Gasteiger partial charge in [0.1, 0.15) is 0 Å². The average Bonchev–Trinajstić information content (AvgIpc) is 2.77. The van der Waals surface area contributed by atoms with Crippen LogP contribution in [0.4, 0.5) is 5.69 Å². The first-order valence-corrected chi connectivity index (χ1v) is 8.46. The van der Waals surface area contributed by atoms with Gasteiger partial charge in [-0.05, 0) is 0 Å². The van der Waals surface area contributed by atoms with Crippen molar-refractivity contribution < 1.29 is 29.5 Å². The summed E-state index contributed by atoms with van der Waals surface area (Å²) in [6.07, 6.45) is 0.909. The van der Waals surface area contributed by atoms with Crippen LogP contribution >= 0.6 is 0 Å². The summed E-state index contributed by atoms with van der Waals surface area (Å²) in [5.41, 5.74) is 5.10. The van der Waals surface area contributed by atoms with E-state index in [0.29, 0.717) is 6.54 Å². The average molecular weight is 471 g/mol. The second-order valence-corrected chi connectivity index (χ2v) is 7.04. The van der Waals surface area contributed by atoms with Crippen molar-refractivity contribution in [2.75, 3.05) is 6.54 Å². The molecular weight excluding hydrogens is 458 g/mol. The van der Waals surface area contributed by atoms with E-state index in [1.807, 2.05) is 18.2 Å². The Labute approximate surface area is 138 Å². The van der Waals surface area contributed by atoms with Crippen molar-refractivity contribution in [3.05, 3.63) is 59.2 Å². The summed E-state index contributed by atoms with van der Waals surface area (Å²) in [6, 6.07) is 14.4. The van der Waals surface area contributed by atoms with Gasteiger partial charge < -0.3 is 0 Å². The molecule has 4 heteroatoms. The molecule has 1 amide bonds. The fraction of sp³-hybridized carbons (Fsp3) is 0.176. The third kappa shape index (κ3) is 2.13. The molecule has 2 aromatic carbocycles. The molecule has 104 valence electrons. The second-order valence-electron chi connectivity index (χ2n) is 5.34. The molecule has 3 nitrogen and oxygen atoms in total. The van der Waals surface area contributed by atoms with Crippen molar-refractivity contribution >= 4 is 20.6 Å². The topological polar surface area (TPSA) is 41.5 Å². The number of nitrogens with one attached hydrogen (secondary N) is 1. The maximum atomic E-state index is 12.2. The summed E-state index contributed by atoms with van der Waals surface area (Å²) in [6.45, 7) is 0.700. The van der Waals surface area contributed by atoms with E-state index in [-0.39, 0.29) is 11.8 Å². The molecule has 0 radical (unpaired) electrons. The van der Waals surface area contributed by atoms with Gasteiger partial charge in [-0.15, -0.1) is 0 Å². The number of amides is 1. The number of aliphatic imine (C=N–C) groups is 1. The van der Waals surface area contributed by atoms with Crippen LogP contribution in [0.5, 0.6) is 0 Å². The van der Waals surface area contributed by atoms with Gasteiger partial charge >= 0.3 is 138 Å². The van der Waals surface area contributed by atoms with Crippen molar-refractivity contribution in [2.45, 2.75) is 12.3 Å². The second kappa shape index (κ2) is 5.03. The van der Waals surface area contributed by atoms with E-state index in [0.717, 1.165) is 34.5 Å². The zero-order valence-corrected chi connectivity index (χ0v) is 14.2. The number of carbonyl (C=O) groups excluding carboxylic acids is 1. The molecule has 0 fully saturated rings. The first-order chi connectivity index (χ1) is 10.2. The molecule has 0 bridgehead atoms. The number of hydrogen-bond acceptors (Lipinski definition) is 2. The van der Waals surface area contributed by atoms with Gasteiger partial charge in [0.25, 0.3) is 0 Å². The number of rotatable bonds is 1. The van der Waals surface area contributed by atoms with Crippen molar-refractivity contribution in [2.24, 2.45) is 4.99 Å². The molecule has 0 saturated heterocycles. The number of benzene rings is 2. The minimum absolute atomic E-state index is 0.0251. The Balaban J connectivity index is 1.86. The first kappa shape index (κ1) is 13.1. The maximum absolute atomic E-state index is 12.2. The van der Waals surface area contributed by atoms with E-state index in [1.54, 1.807) is 24.7 Å². The van der Waals surface area contributed by atoms with Crippen LogP contribution in [0.3, 0.4) is 0 Å². The van der Waals surface area contributed by atoms with Crippen LogP contribution in [0.25, 0.3) is 0 Å². The van der Waals surface area contributed by atoms with Crippen molar-refractivity contribution in [1.29, 1.82) is 0 Å². The van der Waals surface area contributed by atoms with Gasteiger partial charge in [-0.25, -0.2) is 0 Å². The molecule has 1 atom stereocenters. The van der Waals surface area contributed by atoms with Crippen LogP contribution in [-0.2, 0) is 0 Å². The Morgan fingerprint density at radius 1 is 1.14 bits per heavy atom. The molecule has 0 spiro atoms. The molecule has 2 aromatic rings. The van der Waals surface area contributed by atoms with Gasteiger partial charge in [0, 0.05) is 0 Å².